The first-order valence-electron chi connectivity index (χ1n) is 7.26. The molecule has 0 bridgehead atoms. The summed E-state index contributed by atoms with van der Waals surface area (Å²) in [5, 5.41) is 0.775. The minimum absolute atomic E-state index is 0.00194. The van der Waals surface area contributed by atoms with Gasteiger partial charge in [-0.25, -0.2) is 0 Å². The first-order chi connectivity index (χ1) is 9.17. The Morgan fingerprint density at radius 1 is 1.32 bits per heavy atom. The van der Waals surface area contributed by atoms with Gasteiger partial charge in [0.05, 0.1) is 12.0 Å². The molecule has 0 saturated heterocycles. The largest absolute Gasteiger partial charge is 0.493 e. The van der Waals surface area contributed by atoms with Crippen LogP contribution in [-0.4, -0.2) is 6.61 Å². The molecule has 1 aliphatic rings. The highest BCUT2D eigenvalue weighted by Crippen LogP contribution is 2.43. The standard InChI is InChI=1S/C16H22Cl2O/c1-3-5-6-11(4-2)15(18)14-10-13(17)9-12-7-8-19-16(12)14/h9-11,15H,3-8H2,1-2H3. The molecule has 1 heterocycles. The first-order valence-corrected chi connectivity index (χ1v) is 8.08. The van der Waals surface area contributed by atoms with Crippen molar-refractivity contribution in [3.8, 4) is 5.75 Å². The van der Waals surface area contributed by atoms with Gasteiger partial charge in [0.15, 0.2) is 0 Å². The lowest BCUT2D eigenvalue weighted by Gasteiger charge is -2.23. The van der Waals surface area contributed by atoms with E-state index in [4.69, 9.17) is 27.9 Å². The molecule has 1 nitrogen and oxygen atoms in total. The van der Waals surface area contributed by atoms with Gasteiger partial charge < -0.3 is 4.74 Å². The van der Waals surface area contributed by atoms with E-state index in [0.717, 1.165) is 35.8 Å². The quantitative estimate of drug-likeness (QED) is 0.606. The topological polar surface area (TPSA) is 9.23 Å². The minimum atomic E-state index is 0.00194. The van der Waals surface area contributed by atoms with E-state index < -0.39 is 0 Å². The Labute approximate surface area is 126 Å². The van der Waals surface area contributed by atoms with Crippen LogP contribution >= 0.6 is 23.2 Å². The third kappa shape index (κ3) is 3.38. The molecular weight excluding hydrogens is 279 g/mol. The summed E-state index contributed by atoms with van der Waals surface area (Å²) in [5.41, 5.74) is 2.29. The molecule has 2 unspecified atom stereocenters. The molecule has 0 aliphatic carbocycles. The number of hydrogen-bond donors (Lipinski definition) is 0. The second-order valence-corrected chi connectivity index (χ2v) is 6.20. The van der Waals surface area contributed by atoms with Gasteiger partial charge in [0.25, 0.3) is 0 Å². The Hall–Kier alpha value is -0.400. The second kappa shape index (κ2) is 6.85. The average Bonchev–Trinajstić information content (AvgIpc) is 2.86. The van der Waals surface area contributed by atoms with E-state index in [9.17, 15) is 0 Å². The van der Waals surface area contributed by atoms with Gasteiger partial charge in [-0.3, -0.25) is 0 Å². The van der Waals surface area contributed by atoms with Crippen molar-refractivity contribution in [2.75, 3.05) is 6.61 Å². The molecule has 0 radical (unpaired) electrons. The molecule has 1 aliphatic heterocycles. The summed E-state index contributed by atoms with van der Waals surface area (Å²) in [6, 6.07) is 3.99. The van der Waals surface area contributed by atoms with Gasteiger partial charge in [0, 0.05) is 17.0 Å². The summed E-state index contributed by atoms with van der Waals surface area (Å²) in [6.45, 7) is 5.18. The van der Waals surface area contributed by atoms with Crippen LogP contribution in [0.2, 0.25) is 5.02 Å². The van der Waals surface area contributed by atoms with Crippen LogP contribution in [0, 0.1) is 5.92 Å². The van der Waals surface area contributed by atoms with Crippen molar-refractivity contribution in [1.29, 1.82) is 0 Å². The van der Waals surface area contributed by atoms with Gasteiger partial charge in [-0.2, -0.15) is 0 Å². The van der Waals surface area contributed by atoms with E-state index >= 15 is 0 Å². The molecule has 0 spiro atoms. The number of benzene rings is 1. The molecular formula is C16H22Cl2O. The third-order valence-electron chi connectivity index (χ3n) is 3.94. The van der Waals surface area contributed by atoms with E-state index in [1.807, 2.05) is 12.1 Å². The second-order valence-electron chi connectivity index (χ2n) is 5.29. The molecule has 0 amide bonds. The van der Waals surface area contributed by atoms with Crippen LogP contribution in [0.15, 0.2) is 12.1 Å². The van der Waals surface area contributed by atoms with Crippen molar-refractivity contribution >= 4 is 23.2 Å². The number of unbranched alkanes of at least 4 members (excludes halogenated alkanes) is 1. The first kappa shape index (κ1) is 15.0. The normalized spacial score (nSPS) is 16.8. The fourth-order valence-electron chi connectivity index (χ4n) is 2.78. The summed E-state index contributed by atoms with van der Waals surface area (Å²) in [7, 11) is 0. The Morgan fingerprint density at radius 2 is 2.11 bits per heavy atom. The van der Waals surface area contributed by atoms with Crippen LogP contribution < -0.4 is 4.74 Å². The van der Waals surface area contributed by atoms with Crippen molar-refractivity contribution in [3.05, 3.63) is 28.3 Å². The highest BCUT2D eigenvalue weighted by atomic mass is 35.5. The SMILES string of the molecule is CCCCC(CC)C(Cl)c1cc(Cl)cc2c1OCC2. The van der Waals surface area contributed by atoms with E-state index in [2.05, 4.69) is 13.8 Å². The summed E-state index contributed by atoms with van der Waals surface area (Å²) < 4.78 is 5.76. The Bertz CT molecular complexity index is 431. The number of ether oxygens (including phenoxy) is 1. The van der Waals surface area contributed by atoms with E-state index in [1.165, 1.54) is 24.8 Å². The van der Waals surface area contributed by atoms with Crippen molar-refractivity contribution in [2.24, 2.45) is 5.92 Å². The molecule has 1 aromatic rings. The molecule has 0 fully saturated rings. The summed E-state index contributed by atoms with van der Waals surface area (Å²) >= 11 is 12.9. The third-order valence-corrected chi connectivity index (χ3v) is 4.75. The minimum Gasteiger partial charge on any atom is -0.493 e. The van der Waals surface area contributed by atoms with Gasteiger partial charge in [-0.1, -0.05) is 44.7 Å². The number of hydrogen-bond acceptors (Lipinski definition) is 1. The Balaban J connectivity index is 2.25. The fourth-order valence-corrected chi connectivity index (χ4v) is 3.50. The smallest absolute Gasteiger partial charge is 0.127 e. The molecule has 2 rings (SSSR count). The zero-order valence-electron chi connectivity index (χ0n) is 11.7. The molecule has 106 valence electrons. The van der Waals surface area contributed by atoms with E-state index in [-0.39, 0.29) is 5.38 Å². The van der Waals surface area contributed by atoms with E-state index in [1.54, 1.807) is 0 Å². The zero-order valence-corrected chi connectivity index (χ0v) is 13.2. The Morgan fingerprint density at radius 3 is 2.79 bits per heavy atom. The van der Waals surface area contributed by atoms with Crippen LogP contribution in [-0.2, 0) is 6.42 Å². The van der Waals surface area contributed by atoms with Crippen LogP contribution in [0.3, 0.4) is 0 Å². The summed E-state index contributed by atoms with van der Waals surface area (Å²) in [6.07, 6.45) is 5.64. The van der Waals surface area contributed by atoms with Crippen molar-refractivity contribution < 1.29 is 4.74 Å². The molecule has 0 N–H and O–H groups in total. The molecule has 2 atom stereocenters. The molecule has 19 heavy (non-hydrogen) atoms. The van der Waals surface area contributed by atoms with Crippen molar-refractivity contribution in [1.82, 2.24) is 0 Å². The maximum Gasteiger partial charge on any atom is 0.127 e. The highest BCUT2D eigenvalue weighted by molar-refractivity contribution is 6.31. The van der Waals surface area contributed by atoms with Gasteiger partial charge in [-0.05, 0) is 30.0 Å². The van der Waals surface area contributed by atoms with Crippen LogP contribution in [0.5, 0.6) is 5.75 Å². The van der Waals surface area contributed by atoms with E-state index in [0.29, 0.717) is 5.92 Å². The molecule has 1 aromatic carbocycles. The van der Waals surface area contributed by atoms with Crippen LogP contribution in [0.4, 0.5) is 0 Å². The summed E-state index contributed by atoms with van der Waals surface area (Å²) in [4.78, 5) is 0. The van der Waals surface area contributed by atoms with Crippen molar-refractivity contribution in [3.63, 3.8) is 0 Å². The number of alkyl halides is 1. The predicted molar refractivity (Wildman–Crippen MR) is 82.6 cm³/mol. The maximum absolute atomic E-state index is 6.73. The monoisotopic (exact) mass is 300 g/mol. The zero-order chi connectivity index (χ0) is 13.8. The van der Waals surface area contributed by atoms with Gasteiger partial charge in [0.1, 0.15) is 5.75 Å². The average molecular weight is 301 g/mol. The number of halogens is 2. The Kier molecular flexibility index (Phi) is 5.41. The van der Waals surface area contributed by atoms with Gasteiger partial charge in [0.2, 0.25) is 0 Å². The maximum atomic E-state index is 6.73. The molecule has 0 aromatic heterocycles. The predicted octanol–water partition coefficient (Wildman–Crippen LogP) is 5.77. The number of fused-ring (bicyclic) bond motifs is 1. The highest BCUT2D eigenvalue weighted by Gasteiger charge is 2.26. The lowest BCUT2D eigenvalue weighted by atomic mass is 9.90. The summed E-state index contributed by atoms with van der Waals surface area (Å²) in [5.74, 6) is 1.48. The van der Waals surface area contributed by atoms with Crippen LogP contribution in [0.1, 0.15) is 56.0 Å². The number of rotatable bonds is 6. The molecule has 3 heteroatoms. The van der Waals surface area contributed by atoms with Crippen LogP contribution in [0.25, 0.3) is 0 Å². The van der Waals surface area contributed by atoms with Gasteiger partial charge >= 0.3 is 0 Å². The lowest BCUT2D eigenvalue weighted by molar-refractivity contribution is 0.347. The molecule has 0 saturated carbocycles. The fraction of sp³-hybridized carbons (Fsp3) is 0.625. The van der Waals surface area contributed by atoms with Gasteiger partial charge in [-0.15, -0.1) is 11.6 Å². The van der Waals surface area contributed by atoms with Crippen molar-refractivity contribution in [2.45, 2.75) is 51.3 Å². The lowest BCUT2D eigenvalue weighted by Crippen LogP contribution is -2.08.